The molecule has 8 aromatic carbocycles. The van der Waals surface area contributed by atoms with E-state index in [0.717, 1.165) is 40.2 Å². The van der Waals surface area contributed by atoms with Crippen molar-refractivity contribution < 1.29 is 0 Å². The van der Waals surface area contributed by atoms with Crippen molar-refractivity contribution in [1.82, 2.24) is 14.5 Å². The average molecular weight is 740 g/mol. The fraction of sp³-hybridized carbons (Fsp3) is 0.0182. The molecule has 3 nitrogen and oxygen atoms in total. The van der Waals surface area contributed by atoms with Gasteiger partial charge in [-0.05, 0) is 93.0 Å². The minimum Gasteiger partial charge on any atom is -0.309 e. The number of allylic oxidation sites excluding steroid dienone is 2. The Kier molecular flexibility index (Phi) is 8.22. The highest BCUT2D eigenvalue weighted by Gasteiger charge is 2.18. The van der Waals surface area contributed by atoms with Crippen LogP contribution in [0.3, 0.4) is 0 Å². The normalized spacial score (nSPS) is 12.4. The summed E-state index contributed by atoms with van der Waals surface area (Å²) in [5.41, 5.74) is 15.7. The van der Waals surface area contributed by atoms with E-state index in [1.54, 1.807) is 0 Å². The zero-order valence-electron chi connectivity index (χ0n) is 31.8. The molecular formula is C55H37N3. The predicted octanol–water partition coefficient (Wildman–Crippen LogP) is 14.2. The second-order valence-corrected chi connectivity index (χ2v) is 14.9. The lowest BCUT2D eigenvalue weighted by atomic mass is 9.90. The lowest BCUT2D eigenvalue weighted by molar-refractivity contribution is 1.18. The van der Waals surface area contributed by atoms with Gasteiger partial charge in [0, 0.05) is 33.2 Å². The first kappa shape index (κ1) is 33.7. The van der Waals surface area contributed by atoms with Gasteiger partial charge in [0.05, 0.1) is 22.4 Å². The van der Waals surface area contributed by atoms with E-state index in [2.05, 4.69) is 199 Å². The van der Waals surface area contributed by atoms with Gasteiger partial charge < -0.3 is 4.57 Å². The van der Waals surface area contributed by atoms with Crippen LogP contribution in [0, 0.1) is 0 Å². The Balaban J connectivity index is 0.967. The van der Waals surface area contributed by atoms with Gasteiger partial charge in [0.25, 0.3) is 0 Å². The van der Waals surface area contributed by atoms with Crippen LogP contribution in [-0.2, 0) is 0 Å². The van der Waals surface area contributed by atoms with Crippen LogP contribution < -0.4 is 0 Å². The fourth-order valence-electron chi connectivity index (χ4n) is 8.61. The molecule has 0 saturated heterocycles. The van der Waals surface area contributed by atoms with E-state index in [1.807, 2.05) is 18.2 Å². The summed E-state index contributed by atoms with van der Waals surface area (Å²) >= 11 is 0. The molecule has 1 aliphatic carbocycles. The molecule has 0 unspecified atom stereocenters. The van der Waals surface area contributed by atoms with Gasteiger partial charge in [-0.1, -0.05) is 170 Å². The Morgan fingerprint density at radius 2 is 1.00 bits per heavy atom. The second-order valence-electron chi connectivity index (χ2n) is 14.9. The highest BCUT2D eigenvalue weighted by Crippen LogP contribution is 2.38. The van der Waals surface area contributed by atoms with Crippen molar-refractivity contribution in [2.75, 3.05) is 0 Å². The number of rotatable bonds is 6. The number of para-hydroxylation sites is 2. The summed E-state index contributed by atoms with van der Waals surface area (Å²) in [7, 11) is 0. The molecule has 10 aromatic rings. The molecule has 2 heterocycles. The van der Waals surface area contributed by atoms with Crippen molar-refractivity contribution in [3.8, 4) is 50.7 Å². The summed E-state index contributed by atoms with van der Waals surface area (Å²) in [6.45, 7) is 0. The van der Waals surface area contributed by atoms with Crippen LogP contribution in [0.2, 0.25) is 0 Å². The van der Waals surface area contributed by atoms with Crippen LogP contribution >= 0.6 is 0 Å². The van der Waals surface area contributed by atoms with E-state index in [4.69, 9.17) is 9.97 Å². The van der Waals surface area contributed by atoms with Crippen molar-refractivity contribution in [2.45, 2.75) is 6.42 Å². The summed E-state index contributed by atoms with van der Waals surface area (Å²) in [5.74, 6) is 0.710. The maximum Gasteiger partial charge on any atom is 0.160 e. The maximum atomic E-state index is 5.23. The Morgan fingerprint density at radius 3 is 1.72 bits per heavy atom. The second kappa shape index (κ2) is 14.1. The van der Waals surface area contributed by atoms with E-state index in [1.165, 1.54) is 66.0 Å². The molecule has 0 saturated carbocycles. The number of aromatic nitrogens is 3. The SMILES string of the molecule is C1=Cc2c(cccc2-c2cc(-c3ccc4cc(-c5ccc(-n6c7ccccc7c7ccccc76)cc5)ccc4c3)nc(-c3ccccc3)n2)C(c2ccccc2)=CC1. The van der Waals surface area contributed by atoms with Gasteiger partial charge in [-0.3, -0.25) is 0 Å². The lowest BCUT2D eigenvalue weighted by Crippen LogP contribution is -1.99. The largest absolute Gasteiger partial charge is 0.309 e. The zero-order valence-corrected chi connectivity index (χ0v) is 31.8. The van der Waals surface area contributed by atoms with Gasteiger partial charge in [0.1, 0.15) is 0 Å². The minimum atomic E-state index is 0.710. The Bertz CT molecular complexity index is 3170. The highest BCUT2D eigenvalue weighted by molar-refractivity contribution is 6.09. The van der Waals surface area contributed by atoms with Gasteiger partial charge in [0.2, 0.25) is 0 Å². The van der Waals surface area contributed by atoms with Crippen LogP contribution in [0.1, 0.15) is 23.1 Å². The first-order valence-electron chi connectivity index (χ1n) is 19.9. The standard InChI is InChI=1S/C55H37N3/c1-3-14-38(15-4-1)45-18-7-8-19-47-46(45)22-13-23-48(47)52-36-51(56-55(57-52)39-16-5-2-6-17-39)43-29-28-41-34-40(26-27-42(41)35-43)37-30-32-44(33-31-37)58-53-24-11-9-20-49(53)50-21-10-12-25-54(50)58/h1-6,8-36H,7H2. The molecule has 0 spiro atoms. The third-order valence-electron chi connectivity index (χ3n) is 11.4. The first-order chi connectivity index (χ1) is 28.7. The molecule has 2 aromatic heterocycles. The smallest absolute Gasteiger partial charge is 0.160 e. The van der Waals surface area contributed by atoms with Gasteiger partial charge in [-0.2, -0.15) is 0 Å². The molecule has 0 amide bonds. The van der Waals surface area contributed by atoms with Gasteiger partial charge >= 0.3 is 0 Å². The van der Waals surface area contributed by atoms with Crippen molar-refractivity contribution in [3.05, 3.63) is 223 Å². The average Bonchev–Trinajstić information content (AvgIpc) is 3.47. The van der Waals surface area contributed by atoms with E-state index >= 15 is 0 Å². The predicted molar refractivity (Wildman–Crippen MR) is 243 cm³/mol. The molecule has 3 heteroatoms. The Hall–Kier alpha value is -7.62. The van der Waals surface area contributed by atoms with E-state index in [-0.39, 0.29) is 0 Å². The molecule has 0 N–H and O–H groups in total. The van der Waals surface area contributed by atoms with Crippen LogP contribution in [0.25, 0.3) is 94.9 Å². The summed E-state index contributed by atoms with van der Waals surface area (Å²) in [5, 5.41) is 4.89. The van der Waals surface area contributed by atoms with E-state index in [9.17, 15) is 0 Å². The molecule has 58 heavy (non-hydrogen) atoms. The van der Waals surface area contributed by atoms with Crippen molar-refractivity contribution >= 4 is 44.2 Å². The van der Waals surface area contributed by atoms with Crippen LogP contribution in [0.15, 0.2) is 206 Å². The number of hydrogen-bond acceptors (Lipinski definition) is 2. The summed E-state index contributed by atoms with van der Waals surface area (Å²) < 4.78 is 2.36. The molecule has 0 radical (unpaired) electrons. The minimum absolute atomic E-state index is 0.710. The quantitative estimate of drug-likeness (QED) is 0.170. The fourth-order valence-corrected chi connectivity index (χ4v) is 8.61. The Labute approximate surface area is 337 Å². The lowest BCUT2D eigenvalue weighted by Gasteiger charge is -2.16. The maximum absolute atomic E-state index is 5.23. The molecule has 0 aliphatic heterocycles. The van der Waals surface area contributed by atoms with Crippen LogP contribution in [0.5, 0.6) is 0 Å². The third kappa shape index (κ3) is 5.93. The number of hydrogen-bond donors (Lipinski definition) is 0. The van der Waals surface area contributed by atoms with E-state index < -0.39 is 0 Å². The molecule has 0 bridgehead atoms. The molecular weight excluding hydrogens is 703 g/mol. The molecule has 272 valence electrons. The number of fused-ring (bicyclic) bond motifs is 5. The number of nitrogens with zero attached hydrogens (tertiary/aromatic N) is 3. The van der Waals surface area contributed by atoms with Gasteiger partial charge in [-0.25, -0.2) is 9.97 Å². The van der Waals surface area contributed by atoms with Crippen molar-refractivity contribution in [1.29, 1.82) is 0 Å². The molecule has 0 atom stereocenters. The van der Waals surface area contributed by atoms with Gasteiger partial charge in [0.15, 0.2) is 5.82 Å². The first-order valence-corrected chi connectivity index (χ1v) is 19.9. The molecule has 0 fully saturated rings. The zero-order chi connectivity index (χ0) is 38.4. The van der Waals surface area contributed by atoms with E-state index in [0.29, 0.717) is 5.82 Å². The summed E-state index contributed by atoms with van der Waals surface area (Å²) in [4.78, 5) is 10.4. The van der Waals surface area contributed by atoms with Crippen molar-refractivity contribution in [3.63, 3.8) is 0 Å². The topological polar surface area (TPSA) is 30.7 Å². The summed E-state index contributed by atoms with van der Waals surface area (Å²) in [6, 6.07) is 69.4. The molecule has 1 aliphatic rings. The van der Waals surface area contributed by atoms with Crippen LogP contribution in [0.4, 0.5) is 0 Å². The van der Waals surface area contributed by atoms with Crippen molar-refractivity contribution in [2.24, 2.45) is 0 Å². The number of benzene rings is 8. The highest BCUT2D eigenvalue weighted by atomic mass is 15.0. The Morgan fingerprint density at radius 1 is 0.414 bits per heavy atom. The van der Waals surface area contributed by atoms with Gasteiger partial charge in [-0.15, -0.1) is 0 Å². The third-order valence-corrected chi connectivity index (χ3v) is 11.4. The monoisotopic (exact) mass is 739 g/mol. The molecule has 11 rings (SSSR count). The summed E-state index contributed by atoms with van der Waals surface area (Å²) in [6.07, 6.45) is 7.70. The van der Waals surface area contributed by atoms with Crippen LogP contribution in [-0.4, -0.2) is 14.5 Å².